The van der Waals surface area contributed by atoms with E-state index in [1.807, 2.05) is 43.3 Å². The first-order chi connectivity index (χ1) is 11.1. The molecular formula is C16H12BrIN4O. The molecule has 3 aromatic rings. The van der Waals surface area contributed by atoms with Crippen LogP contribution in [0.25, 0.3) is 5.82 Å². The van der Waals surface area contributed by atoms with Crippen LogP contribution in [0.3, 0.4) is 0 Å². The Morgan fingerprint density at radius 2 is 2.13 bits per heavy atom. The molecule has 2 aromatic heterocycles. The fourth-order valence-corrected chi connectivity index (χ4v) is 2.88. The van der Waals surface area contributed by atoms with Crippen molar-refractivity contribution in [1.29, 1.82) is 0 Å². The number of nitrogens with zero attached hydrogens (tertiary/aromatic N) is 3. The van der Waals surface area contributed by atoms with Crippen LogP contribution >= 0.6 is 38.5 Å². The molecule has 0 radical (unpaired) electrons. The Kier molecular flexibility index (Phi) is 4.76. The summed E-state index contributed by atoms with van der Waals surface area (Å²) in [6.45, 7) is 1.85. The monoisotopic (exact) mass is 482 g/mol. The van der Waals surface area contributed by atoms with E-state index in [1.54, 1.807) is 17.1 Å². The maximum atomic E-state index is 12.5. The molecule has 0 fully saturated rings. The van der Waals surface area contributed by atoms with Crippen molar-refractivity contribution in [3.05, 3.63) is 68.1 Å². The number of amides is 1. The number of anilines is 1. The van der Waals surface area contributed by atoms with Crippen LogP contribution in [0.15, 0.2) is 53.3 Å². The number of halogens is 2. The number of carbonyl (C=O) groups is 1. The minimum Gasteiger partial charge on any atom is -0.322 e. The number of hydrogen-bond donors (Lipinski definition) is 1. The van der Waals surface area contributed by atoms with E-state index >= 15 is 0 Å². The molecule has 0 aliphatic carbocycles. The third-order valence-electron chi connectivity index (χ3n) is 3.30. The van der Waals surface area contributed by atoms with E-state index in [9.17, 15) is 4.79 Å². The van der Waals surface area contributed by atoms with Gasteiger partial charge in [-0.2, -0.15) is 5.10 Å². The molecule has 0 atom stereocenters. The number of carbonyl (C=O) groups excluding carboxylic acids is 1. The van der Waals surface area contributed by atoms with Gasteiger partial charge in [-0.05, 0) is 75.8 Å². The standard InChI is InChI=1S/C16H12BrIN4O/c1-10-12(9-20-22(10)15-4-2-3-7-19-15)16(23)21-11-5-6-13(17)14(18)8-11/h2-9H,1H3,(H,21,23). The molecule has 7 heteroatoms. The summed E-state index contributed by atoms with van der Waals surface area (Å²) in [4.78, 5) is 16.7. The number of benzene rings is 1. The van der Waals surface area contributed by atoms with Gasteiger partial charge in [-0.1, -0.05) is 6.07 Å². The highest BCUT2D eigenvalue weighted by molar-refractivity contribution is 14.1. The summed E-state index contributed by atoms with van der Waals surface area (Å²) < 4.78 is 3.68. The van der Waals surface area contributed by atoms with Gasteiger partial charge in [0.1, 0.15) is 0 Å². The molecular weight excluding hydrogens is 471 g/mol. The van der Waals surface area contributed by atoms with E-state index in [0.29, 0.717) is 11.4 Å². The molecule has 0 aliphatic heterocycles. The number of hydrogen-bond acceptors (Lipinski definition) is 3. The molecule has 116 valence electrons. The average molecular weight is 483 g/mol. The Morgan fingerprint density at radius 1 is 1.30 bits per heavy atom. The molecule has 0 spiro atoms. The lowest BCUT2D eigenvalue weighted by Crippen LogP contribution is -2.13. The Labute approximate surface area is 155 Å². The zero-order valence-electron chi connectivity index (χ0n) is 12.1. The van der Waals surface area contributed by atoms with Crippen molar-refractivity contribution in [3.8, 4) is 5.82 Å². The highest BCUT2D eigenvalue weighted by atomic mass is 127. The second kappa shape index (κ2) is 6.79. The van der Waals surface area contributed by atoms with E-state index in [0.717, 1.165) is 19.4 Å². The predicted octanol–water partition coefficient (Wildman–Crippen LogP) is 4.20. The van der Waals surface area contributed by atoms with E-state index < -0.39 is 0 Å². The number of aromatic nitrogens is 3. The summed E-state index contributed by atoms with van der Waals surface area (Å²) in [7, 11) is 0. The summed E-state index contributed by atoms with van der Waals surface area (Å²) >= 11 is 5.65. The van der Waals surface area contributed by atoms with Gasteiger partial charge in [-0.15, -0.1) is 0 Å². The van der Waals surface area contributed by atoms with Crippen LogP contribution in [0.2, 0.25) is 0 Å². The summed E-state index contributed by atoms with van der Waals surface area (Å²) in [5.41, 5.74) is 2.01. The third kappa shape index (κ3) is 3.45. The summed E-state index contributed by atoms with van der Waals surface area (Å²) in [6, 6.07) is 11.2. The van der Waals surface area contributed by atoms with Gasteiger partial charge in [0.25, 0.3) is 5.91 Å². The van der Waals surface area contributed by atoms with Crippen LogP contribution < -0.4 is 5.32 Å². The van der Waals surface area contributed by atoms with Gasteiger partial charge in [0.05, 0.1) is 17.5 Å². The van der Waals surface area contributed by atoms with Gasteiger partial charge in [-0.25, -0.2) is 9.67 Å². The largest absolute Gasteiger partial charge is 0.322 e. The second-order valence-corrected chi connectivity index (χ2v) is 6.84. The predicted molar refractivity (Wildman–Crippen MR) is 101 cm³/mol. The molecule has 5 nitrogen and oxygen atoms in total. The molecule has 0 bridgehead atoms. The Bertz CT molecular complexity index is 864. The van der Waals surface area contributed by atoms with Crippen LogP contribution in [-0.2, 0) is 0 Å². The first kappa shape index (κ1) is 16.1. The number of rotatable bonds is 3. The first-order valence-corrected chi connectivity index (χ1v) is 8.66. The fraction of sp³-hybridized carbons (Fsp3) is 0.0625. The van der Waals surface area contributed by atoms with Crippen LogP contribution in [-0.4, -0.2) is 20.7 Å². The van der Waals surface area contributed by atoms with Crippen LogP contribution in [0.1, 0.15) is 16.1 Å². The molecule has 1 amide bonds. The molecule has 1 aromatic carbocycles. The minimum atomic E-state index is -0.192. The normalized spacial score (nSPS) is 10.6. The molecule has 2 heterocycles. The topological polar surface area (TPSA) is 59.8 Å². The SMILES string of the molecule is Cc1c(C(=O)Nc2ccc(Br)c(I)c2)cnn1-c1ccccn1. The fourth-order valence-electron chi connectivity index (χ4n) is 2.11. The average Bonchev–Trinajstić information content (AvgIpc) is 2.93. The maximum Gasteiger partial charge on any atom is 0.259 e. The second-order valence-electron chi connectivity index (χ2n) is 4.83. The summed E-state index contributed by atoms with van der Waals surface area (Å²) in [5.74, 6) is 0.491. The number of pyridine rings is 1. The maximum absolute atomic E-state index is 12.5. The molecule has 0 unspecified atom stereocenters. The quantitative estimate of drug-likeness (QED) is 0.569. The van der Waals surface area contributed by atoms with Crippen molar-refractivity contribution in [2.45, 2.75) is 6.92 Å². The summed E-state index contributed by atoms with van der Waals surface area (Å²) in [5, 5.41) is 7.16. The molecule has 0 saturated heterocycles. The Morgan fingerprint density at radius 3 is 2.83 bits per heavy atom. The van der Waals surface area contributed by atoms with Gasteiger partial charge < -0.3 is 5.32 Å². The van der Waals surface area contributed by atoms with Crippen LogP contribution in [0.4, 0.5) is 5.69 Å². The Hall–Kier alpha value is -1.74. The smallest absolute Gasteiger partial charge is 0.259 e. The van der Waals surface area contributed by atoms with Gasteiger partial charge in [0, 0.05) is 19.9 Å². The molecule has 0 saturated carbocycles. The van der Waals surface area contributed by atoms with Crippen molar-refractivity contribution in [2.24, 2.45) is 0 Å². The number of nitrogens with one attached hydrogen (secondary N) is 1. The lowest BCUT2D eigenvalue weighted by Gasteiger charge is -2.07. The first-order valence-electron chi connectivity index (χ1n) is 6.78. The van der Waals surface area contributed by atoms with Gasteiger partial charge in [-0.3, -0.25) is 4.79 Å². The lowest BCUT2D eigenvalue weighted by molar-refractivity contribution is 0.102. The highest BCUT2D eigenvalue weighted by Crippen LogP contribution is 2.23. The highest BCUT2D eigenvalue weighted by Gasteiger charge is 2.16. The van der Waals surface area contributed by atoms with Crippen LogP contribution in [0, 0.1) is 10.5 Å². The summed E-state index contributed by atoms with van der Waals surface area (Å²) in [6.07, 6.45) is 3.25. The molecule has 23 heavy (non-hydrogen) atoms. The van der Waals surface area contributed by atoms with E-state index in [2.05, 4.69) is 53.9 Å². The zero-order valence-corrected chi connectivity index (χ0v) is 15.9. The van der Waals surface area contributed by atoms with Crippen molar-refractivity contribution in [1.82, 2.24) is 14.8 Å². The third-order valence-corrected chi connectivity index (χ3v) is 5.62. The lowest BCUT2D eigenvalue weighted by atomic mass is 10.2. The molecule has 3 rings (SSSR count). The van der Waals surface area contributed by atoms with E-state index in [4.69, 9.17) is 0 Å². The molecule has 1 N–H and O–H groups in total. The van der Waals surface area contributed by atoms with Gasteiger partial charge in [0.2, 0.25) is 0 Å². The van der Waals surface area contributed by atoms with Crippen molar-refractivity contribution in [3.63, 3.8) is 0 Å². The zero-order chi connectivity index (χ0) is 16.4. The van der Waals surface area contributed by atoms with Crippen molar-refractivity contribution in [2.75, 3.05) is 5.32 Å². The minimum absolute atomic E-state index is 0.192. The molecule has 0 aliphatic rings. The Balaban J connectivity index is 1.86. The van der Waals surface area contributed by atoms with E-state index in [-0.39, 0.29) is 5.91 Å². The van der Waals surface area contributed by atoms with Crippen LogP contribution in [0.5, 0.6) is 0 Å². The van der Waals surface area contributed by atoms with E-state index in [1.165, 1.54) is 0 Å². The van der Waals surface area contributed by atoms with Gasteiger partial charge in [0.15, 0.2) is 5.82 Å². The van der Waals surface area contributed by atoms with Crippen molar-refractivity contribution < 1.29 is 4.79 Å². The van der Waals surface area contributed by atoms with Crippen molar-refractivity contribution >= 4 is 50.1 Å². The van der Waals surface area contributed by atoms with Gasteiger partial charge >= 0.3 is 0 Å².